The Hall–Kier alpha value is -1.13. The zero-order chi connectivity index (χ0) is 11.5. The number of aryl methyl sites for hydroxylation is 2. The van der Waals surface area contributed by atoms with Crippen LogP contribution in [-0.2, 0) is 11.8 Å². The third kappa shape index (κ3) is 2.71. The van der Waals surface area contributed by atoms with Crippen molar-refractivity contribution < 1.29 is 4.74 Å². The Morgan fingerprint density at radius 2 is 2.38 bits per heavy atom. The predicted octanol–water partition coefficient (Wildman–Crippen LogP) is 1.12. The van der Waals surface area contributed by atoms with Crippen LogP contribution in [0.3, 0.4) is 0 Å². The highest BCUT2D eigenvalue weighted by molar-refractivity contribution is 5.51. The summed E-state index contributed by atoms with van der Waals surface area (Å²) in [6.45, 7) is 5.71. The van der Waals surface area contributed by atoms with Crippen LogP contribution in [0.25, 0.3) is 6.08 Å². The van der Waals surface area contributed by atoms with E-state index in [-0.39, 0.29) is 0 Å². The highest BCUT2D eigenvalue weighted by Crippen LogP contribution is 2.09. The van der Waals surface area contributed by atoms with Gasteiger partial charge in [-0.1, -0.05) is 12.2 Å². The maximum Gasteiger partial charge on any atom is 0.0665 e. The van der Waals surface area contributed by atoms with E-state index in [2.05, 4.69) is 29.5 Å². The van der Waals surface area contributed by atoms with E-state index in [1.807, 2.05) is 24.9 Å². The Kier molecular flexibility index (Phi) is 3.41. The fourth-order valence-corrected chi connectivity index (χ4v) is 1.95. The van der Waals surface area contributed by atoms with Gasteiger partial charge in [-0.2, -0.15) is 5.10 Å². The molecule has 0 saturated carbocycles. The van der Waals surface area contributed by atoms with Crippen molar-refractivity contribution in [2.75, 3.05) is 13.2 Å². The normalized spacial score (nSPS) is 26.4. The lowest BCUT2D eigenvalue weighted by Gasteiger charge is -2.26. The van der Waals surface area contributed by atoms with E-state index in [9.17, 15) is 0 Å². The van der Waals surface area contributed by atoms with Gasteiger partial charge in [-0.05, 0) is 13.8 Å². The average Bonchev–Trinajstić information content (AvgIpc) is 2.54. The summed E-state index contributed by atoms with van der Waals surface area (Å²) in [6, 6.07) is 0.738. The summed E-state index contributed by atoms with van der Waals surface area (Å²) in [4.78, 5) is 0. The van der Waals surface area contributed by atoms with Crippen LogP contribution < -0.4 is 5.32 Å². The number of hydrogen-bond acceptors (Lipinski definition) is 3. The summed E-state index contributed by atoms with van der Waals surface area (Å²) in [5.41, 5.74) is 2.23. The Bertz CT molecular complexity index is 384. The lowest BCUT2D eigenvalue weighted by Crippen LogP contribution is -2.46. The zero-order valence-electron chi connectivity index (χ0n) is 10.1. The molecule has 2 heterocycles. The molecule has 0 radical (unpaired) electrons. The summed E-state index contributed by atoms with van der Waals surface area (Å²) in [6.07, 6.45) is 6.29. The van der Waals surface area contributed by atoms with E-state index in [0.717, 1.165) is 18.9 Å². The molecule has 0 bridgehead atoms. The number of rotatable bonds is 2. The van der Waals surface area contributed by atoms with Gasteiger partial charge in [0.1, 0.15) is 0 Å². The molecular weight excluding hydrogens is 202 g/mol. The van der Waals surface area contributed by atoms with Crippen molar-refractivity contribution in [3.63, 3.8) is 0 Å². The minimum atomic E-state index is 0.309. The van der Waals surface area contributed by atoms with Crippen molar-refractivity contribution in [3.8, 4) is 0 Å². The van der Waals surface area contributed by atoms with Crippen LogP contribution >= 0.6 is 0 Å². The van der Waals surface area contributed by atoms with E-state index in [1.54, 1.807) is 0 Å². The Balaban J connectivity index is 2.00. The number of nitrogens with zero attached hydrogens (tertiary/aromatic N) is 2. The van der Waals surface area contributed by atoms with Crippen LogP contribution in [0.15, 0.2) is 12.3 Å². The van der Waals surface area contributed by atoms with Gasteiger partial charge in [0, 0.05) is 30.9 Å². The molecule has 1 aromatic rings. The number of nitrogens with one attached hydrogen (secondary N) is 1. The number of aromatic nitrogens is 2. The van der Waals surface area contributed by atoms with E-state index < -0.39 is 0 Å². The fraction of sp³-hybridized carbons (Fsp3) is 0.583. The molecule has 1 aromatic heterocycles. The van der Waals surface area contributed by atoms with Gasteiger partial charge in [0.05, 0.1) is 18.9 Å². The third-order valence-electron chi connectivity index (χ3n) is 2.72. The van der Waals surface area contributed by atoms with Gasteiger partial charge in [0.2, 0.25) is 0 Å². The minimum absolute atomic E-state index is 0.309. The number of ether oxygens (including phenoxy) is 1. The molecule has 1 aliphatic heterocycles. The number of morpholine rings is 1. The van der Waals surface area contributed by atoms with Crippen LogP contribution in [-0.4, -0.2) is 35.1 Å². The zero-order valence-corrected chi connectivity index (χ0v) is 10.1. The first-order chi connectivity index (χ1) is 7.65. The smallest absolute Gasteiger partial charge is 0.0665 e. The van der Waals surface area contributed by atoms with Gasteiger partial charge in [-0.15, -0.1) is 0 Å². The van der Waals surface area contributed by atoms with Crippen molar-refractivity contribution in [1.82, 2.24) is 15.1 Å². The van der Waals surface area contributed by atoms with Crippen LogP contribution in [0.5, 0.6) is 0 Å². The van der Waals surface area contributed by atoms with Gasteiger partial charge in [0.25, 0.3) is 0 Å². The molecule has 0 spiro atoms. The molecular formula is C12H19N3O. The third-order valence-corrected chi connectivity index (χ3v) is 2.72. The molecule has 2 atom stereocenters. The van der Waals surface area contributed by atoms with E-state index >= 15 is 0 Å². The van der Waals surface area contributed by atoms with Crippen LogP contribution in [0.4, 0.5) is 0 Å². The summed E-state index contributed by atoms with van der Waals surface area (Å²) < 4.78 is 7.32. The van der Waals surface area contributed by atoms with Crippen LogP contribution in [0.1, 0.15) is 18.2 Å². The minimum Gasteiger partial charge on any atom is -0.378 e. The summed E-state index contributed by atoms with van der Waals surface area (Å²) in [5, 5.41) is 7.78. The molecule has 2 rings (SSSR count). The largest absolute Gasteiger partial charge is 0.378 e. The lowest BCUT2D eigenvalue weighted by molar-refractivity contribution is 0.0637. The molecule has 88 valence electrons. The molecule has 16 heavy (non-hydrogen) atoms. The number of hydrogen-bond donors (Lipinski definition) is 1. The highest BCUT2D eigenvalue weighted by Gasteiger charge is 2.15. The fourth-order valence-electron chi connectivity index (χ4n) is 1.95. The Labute approximate surface area is 96.3 Å². The molecule has 0 amide bonds. The van der Waals surface area contributed by atoms with Gasteiger partial charge in [-0.3, -0.25) is 4.68 Å². The molecule has 0 aromatic carbocycles. The molecule has 1 saturated heterocycles. The van der Waals surface area contributed by atoms with Crippen molar-refractivity contribution in [2.24, 2.45) is 7.05 Å². The first kappa shape index (κ1) is 11.4. The maximum absolute atomic E-state index is 5.48. The quantitative estimate of drug-likeness (QED) is 0.813. The Morgan fingerprint density at radius 3 is 3.00 bits per heavy atom. The second-order valence-electron chi connectivity index (χ2n) is 4.41. The molecule has 1 fully saturated rings. The molecule has 2 unspecified atom stereocenters. The summed E-state index contributed by atoms with van der Waals surface area (Å²) >= 11 is 0. The van der Waals surface area contributed by atoms with Crippen molar-refractivity contribution in [2.45, 2.75) is 25.9 Å². The van der Waals surface area contributed by atoms with Gasteiger partial charge in [0.15, 0.2) is 0 Å². The standard InChI is InChI=1S/C12H19N3O/c1-9-7-16-8-12(13-9)5-4-11-6-15(3)14-10(11)2/h4-6,9,12-13H,7-8H2,1-3H3/b5-4+. The molecule has 4 nitrogen and oxygen atoms in total. The maximum atomic E-state index is 5.48. The molecule has 0 aliphatic carbocycles. The van der Waals surface area contributed by atoms with E-state index in [0.29, 0.717) is 12.1 Å². The van der Waals surface area contributed by atoms with E-state index in [4.69, 9.17) is 4.74 Å². The molecule has 1 N–H and O–H groups in total. The van der Waals surface area contributed by atoms with Crippen molar-refractivity contribution in [3.05, 3.63) is 23.5 Å². The van der Waals surface area contributed by atoms with Crippen molar-refractivity contribution >= 4 is 6.08 Å². The summed E-state index contributed by atoms with van der Waals surface area (Å²) in [7, 11) is 1.94. The predicted molar refractivity (Wildman–Crippen MR) is 64.2 cm³/mol. The highest BCUT2D eigenvalue weighted by atomic mass is 16.5. The van der Waals surface area contributed by atoms with Gasteiger partial charge < -0.3 is 10.1 Å². The van der Waals surface area contributed by atoms with Gasteiger partial charge >= 0.3 is 0 Å². The molecule has 4 heteroatoms. The average molecular weight is 221 g/mol. The van der Waals surface area contributed by atoms with Crippen LogP contribution in [0, 0.1) is 6.92 Å². The van der Waals surface area contributed by atoms with Crippen LogP contribution in [0.2, 0.25) is 0 Å². The first-order valence-corrected chi connectivity index (χ1v) is 5.67. The second kappa shape index (κ2) is 4.80. The molecule has 1 aliphatic rings. The SMILES string of the molecule is Cc1nn(C)cc1/C=C/C1COCC(C)N1. The first-order valence-electron chi connectivity index (χ1n) is 5.67. The van der Waals surface area contributed by atoms with Crippen molar-refractivity contribution in [1.29, 1.82) is 0 Å². The van der Waals surface area contributed by atoms with E-state index in [1.165, 1.54) is 5.56 Å². The topological polar surface area (TPSA) is 39.1 Å². The second-order valence-corrected chi connectivity index (χ2v) is 4.41. The Morgan fingerprint density at radius 1 is 1.56 bits per heavy atom. The van der Waals surface area contributed by atoms with Gasteiger partial charge in [-0.25, -0.2) is 0 Å². The lowest BCUT2D eigenvalue weighted by atomic mass is 10.1. The monoisotopic (exact) mass is 221 g/mol. The summed E-state index contributed by atoms with van der Waals surface area (Å²) in [5.74, 6) is 0.